The molecule has 2 rings (SSSR count). The van der Waals surface area contributed by atoms with E-state index in [1.165, 1.54) is 6.33 Å². The number of hydrogen-bond acceptors (Lipinski definition) is 6. The molecule has 0 unspecified atom stereocenters. The molecule has 0 aromatic carbocycles. The molecule has 0 aliphatic heterocycles. The van der Waals surface area contributed by atoms with Crippen LogP contribution in [-0.4, -0.2) is 25.0 Å². The minimum Gasteiger partial charge on any atom is -0.308 e. The van der Waals surface area contributed by atoms with Gasteiger partial charge in [0, 0.05) is 18.4 Å². The van der Waals surface area contributed by atoms with E-state index < -0.39 is 0 Å². The first kappa shape index (κ1) is 11.0. The number of thioether (sulfide) groups is 1. The zero-order valence-corrected chi connectivity index (χ0v) is 9.88. The quantitative estimate of drug-likeness (QED) is 0.406. The predicted molar refractivity (Wildman–Crippen MR) is 61.7 cm³/mol. The number of H-pyrrole nitrogens is 1. The predicted octanol–water partition coefficient (Wildman–Crippen LogP) is 0.425. The third-order valence-electron chi connectivity index (χ3n) is 2.23. The molecule has 86 valence electrons. The summed E-state index contributed by atoms with van der Waals surface area (Å²) >= 11 is 1.56. The molecular weight excluding hydrogens is 226 g/mol. The zero-order chi connectivity index (χ0) is 11.5. The molecule has 0 bridgehead atoms. The summed E-state index contributed by atoms with van der Waals surface area (Å²) in [6, 6.07) is 0. The fraction of sp³-hybridized carbons (Fsp3) is 0.375. The van der Waals surface area contributed by atoms with Crippen LogP contribution in [0.25, 0.3) is 0 Å². The topological polar surface area (TPSA) is 97.4 Å². The van der Waals surface area contributed by atoms with Crippen molar-refractivity contribution in [3.05, 3.63) is 17.6 Å². The standard InChI is InChI=1S/C8H13N7S/c1-5-6(7(12-9)15(2)14-5)3-16-8-10-4-11-13-8/h4,12H,3,9H2,1-2H3,(H,10,11,13). The molecule has 4 N–H and O–H groups in total. The molecule has 2 heterocycles. The van der Waals surface area contributed by atoms with Crippen molar-refractivity contribution in [2.45, 2.75) is 17.8 Å². The van der Waals surface area contributed by atoms with E-state index in [0.29, 0.717) is 0 Å². The molecule has 0 spiro atoms. The second kappa shape index (κ2) is 4.54. The van der Waals surface area contributed by atoms with Gasteiger partial charge < -0.3 is 5.43 Å². The van der Waals surface area contributed by atoms with Gasteiger partial charge in [-0.15, -0.1) is 0 Å². The lowest BCUT2D eigenvalue weighted by atomic mass is 10.3. The number of anilines is 1. The lowest BCUT2D eigenvalue weighted by Crippen LogP contribution is -2.12. The van der Waals surface area contributed by atoms with E-state index in [2.05, 4.69) is 25.7 Å². The molecule has 0 amide bonds. The van der Waals surface area contributed by atoms with Crippen molar-refractivity contribution >= 4 is 17.6 Å². The average molecular weight is 239 g/mol. The molecular formula is C8H13N7S. The number of nitrogens with one attached hydrogen (secondary N) is 2. The average Bonchev–Trinajstić information content (AvgIpc) is 2.83. The number of hydrogen-bond donors (Lipinski definition) is 3. The van der Waals surface area contributed by atoms with Gasteiger partial charge in [0.15, 0.2) is 5.16 Å². The molecule has 16 heavy (non-hydrogen) atoms. The molecule has 0 saturated carbocycles. The second-order valence-electron chi connectivity index (χ2n) is 3.26. The second-order valence-corrected chi connectivity index (χ2v) is 4.22. The Balaban J connectivity index is 2.14. The van der Waals surface area contributed by atoms with E-state index >= 15 is 0 Å². The molecule has 0 saturated heterocycles. The summed E-state index contributed by atoms with van der Waals surface area (Å²) in [4.78, 5) is 4.04. The van der Waals surface area contributed by atoms with Crippen LogP contribution < -0.4 is 11.3 Å². The highest BCUT2D eigenvalue weighted by Gasteiger charge is 2.12. The van der Waals surface area contributed by atoms with Crippen LogP contribution in [0, 0.1) is 6.92 Å². The van der Waals surface area contributed by atoms with Gasteiger partial charge in [0.05, 0.1) is 5.69 Å². The minimum atomic E-state index is 0.744. The van der Waals surface area contributed by atoms with Crippen molar-refractivity contribution in [3.8, 4) is 0 Å². The van der Waals surface area contributed by atoms with E-state index in [4.69, 9.17) is 5.84 Å². The molecule has 0 aliphatic carbocycles. The Morgan fingerprint density at radius 3 is 3.06 bits per heavy atom. The van der Waals surface area contributed by atoms with Crippen LogP contribution >= 0.6 is 11.8 Å². The Kier molecular flexibility index (Phi) is 3.11. The Bertz CT molecular complexity index is 461. The minimum absolute atomic E-state index is 0.744. The van der Waals surface area contributed by atoms with E-state index in [1.807, 2.05) is 14.0 Å². The largest absolute Gasteiger partial charge is 0.308 e. The van der Waals surface area contributed by atoms with Gasteiger partial charge in [-0.1, -0.05) is 11.8 Å². The summed E-state index contributed by atoms with van der Waals surface area (Å²) in [5.41, 5.74) is 4.69. The van der Waals surface area contributed by atoms with Crippen LogP contribution in [0.15, 0.2) is 11.5 Å². The smallest absolute Gasteiger partial charge is 0.183 e. The van der Waals surface area contributed by atoms with E-state index in [1.54, 1.807) is 16.4 Å². The molecule has 2 aromatic heterocycles. The Hall–Kier alpha value is -1.54. The summed E-state index contributed by atoms with van der Waals surface area (Å²) in [7, 11) is 1.85. The number of aromatic amines is 1. The van der Waals surface area contributed by atoms with Crippen molar-refractivity contribution in [1.82, 2.24) is 25.0 Å². The molecule has 0 fully saturated rings. The Morgan fingerprint density at radius 2 is 2.44 bits per heavy atom. The van der Waals surface area contributed by atoms with Gasteiger partial charge in [-0.05, 0) is 6.92 Å². The number of aryl methyl sites for hydroxylation is 2. The third kappa shape index (κ3) is 2.02. The molecule has 7 nitrogen and oxygen atoms in total. The maximum absolute atomic E-state index is 5.46. The van der Waals surface area contributed by atoms with Crippen LogP contribution in [0.3, 0.4) is 0 Å². The van der Waals surface area contributed by atoms with E-state index in [9.17, 15) is 0 Å². The molecule has 0 aliphatic rings. The fourth-order valence-corrected chi connectivity index (χ4v) is 2.33. The van der Waals surface area contributed by atoms with Crippen LogP contribution in [0.1, 0.15) is 11.3 Å². The van der Waals surface area contributed by atoms with Gasteiger partial charge in [-0.25, -0.2) is 10.8 Å². The number of aromatic nitrogens is 5. The highest BCUT2D eigenvalue weighted by molar-refractivity contribution is 7.98. The zero-order valence-electron chi connectivity index (χ0n) is 9.06. The Labute approximate surface area is 96.8 Å². The maximum Gasteiger partial charge on any atom is 0.183 e. The first-order chi connectivity index (χ1) is 7.72. The molecule has 8 heteroatoms. The maximum atomic E-state index is 5.46. The van der Waals surface area contributed by atoms with E-state index in [0.717, 1.165) is 28.0 Å². The number of hydrazine groups is 1. The van der Waals surface area contributed by atoms with Gasteiger partial charge in [0.25, 0.3) is 0 Å². The van der Waals surface area contributed by atoms with Crippen molar-refractivity contribution in [1.29, 1.82) is 0 Å². The number of nitrogens with two attached hydrogens (primary N) is 1. The first-order valence-electron chi connectivity index (χ1n) is 4.69. The number of nitrogen functional groups attached to an aromatic ring is 1. The summed E-state index contributed by atoms with van der Waals surface area (Å²) in [6.07, 6.45) is 1.49. The lowest BCUT2D eigenvalue weighted by Gasteiger charge is -2.03. The normalized spacial score (nSPS) is 10.7. The fourth-order valence-electron chi connectivity index (χ4n) is 1.46. The van der Waals surface area contributed by atoms with Gasteiger partial charge in [-0.2, -0.15) is 10.2 Å². The van der Waals surface area contributed by atoms with E-state index in [-0.39, 0.29) is 0 Å². The molecule has 0 radical (unpaired) electrons. The van der Waals surface area contributed by atoms with Crippen molar-refractivity contribution in [2.24, 2.45) is 12.9 Å². The van der Waals surface area contributed by atoms with Crippen molar-refractivity contribution in [2.75, 3.05) is 5.43 Å². The summed E-state index contributed by atoms with van der Waals surface area (Å²) in [6.45, 7) is 1.96. The SMILES string of the molecule is Cc1nn(C)c(NN)c1CSc1ncn[nH]1. The van der Waals surface area contributed by atoms with Crippen LogP contribution in [-0.2, 0) is 12.8 Å². The number of rotatable bonds is 4. The summed E-state index contributed by atoms with van der Waals surface area (Å²) in [5.74, 6) is 7.03. The van der Waals surface area contributed by atoms with Gasteiger partial charge in [-0.3, -0.25) is 9.78 Å². The summed E-state index contributed by atoms with van der Waals surface area (Å²) < 4.78 is 1.73. The van der Waals surface area contributed by atoms with Crippen molar-refractivity contribution < 1.29 is 0 Å². The van der Waals surface area contributed by atoms with Gasteiger partial charge in [0.1, 0.15) is 12.1 Å². The monoisotopic (exact) mass is 239 g/mol. The number of nitrogens with zero attached hydrogens (tertiary/aromatic N) is 4. The Morgan fingerprint density at radius 1 is 1.62 bits per heavy atom. The highest BCUT2D eigenvalue weighted by atomic mass is 32.2. The third-order valence-corrected chi connectivity index (χ3v) is 3.13. The van der Waals surface area contributed by atoms with Crippen LogP contribution in [0.4, 0.5) is 5.82 Å². The molecule has 2 aromatic rings. The first-order valence-corrected chi connectivity index (χ1v) is 5.68. The highest BCUT2D eigenvalue weighted by Crippen LogP contribution is 2.25. The molecule has 0 atom stereocenters. The van der Waals surface area contributed by atoms with Crippen LogP contribution in [0.2, 0.25) is 0 Å². The lowest BCUT2D eigenvalue weighted by molar-refractivity contribution is 0.760. The van der Waals surface area contributed by atoms with Crippen LogP contribution in [0.5, 0.6) is 0 Å². The van der Waals surface area contributed by atoms with Crippen molar-refractivity contribution in [3.63, 3.8) is 0 Å². The summed E-state index contributed by atoms with van der Waals surface area (Å²) in [5, 5.41) is 11.7. The van der Waals surface area contributed by atoms with Gasteiger partial charge >= 0.3 is 0 Å². The van der Waals surface area contributed by atoms with Gasteiger partial charge in [0.2, 0.25) is 0 Å².